The van der Waals surface area contributed by atoms with Gasteiger partial charge >= 0.3 is 0 Å². The number of hydrogen-bond acceptors (Lipinski definition) is 4. The van der Waals surface area contributed by atoms with Gasteiger partial charge in [0.1, 0.15) is 5.69 Å². The minimum absolute atomic E-state index is 0.141. The van der Waals surface area contributed by atoms with Crippen LogP contribution in [0.25, 0.3) is 16.9 Å². The summed E-state index contributed by atoms with van der Waals surface area (Å²) in [4.78, 5) is 14.8. The number of piperidine rings is 1. The molecule has 1 amide bonds. The average molecular weight is 348 g/mol. The molecule has 0 unspecified atom stereocenters. The lowest BCUT2D eigenvalue weighted by molar-refractivity contribution is 0.0542. The van der Waals surface area contributed by atoms with Crippen molar-refractivity contribution >= 4 is 5.91 Å². The molecule has 1 aliphatic heterocycles. The van der Waals surface area contributed by atoms with Crippen molar-refractivity contribution in [1.82, 2.24) is 19.9 Å². The molecule has 0 radical (unpaired) electrons. The Kier molecular flexibility index (Phi) is 4.50. The molecule has 2 aromatic carbocycles. The first kappa shape index (κ1) is 16.5. The number of amides is 1. The fourth-order valence-corrected chi connectivity index (χ4v) is 3.25. The van der Waals surface area contributed by atoms with Crippen molar-refractivity contribution in [3.63, 3.8) is 0 Å². The van der Waals surface area contributed by atoms with Crippen LogP contribution in [0.15, 0.2) is 60.7 Å². The molecule has 0 spiro atoms. The number of carbonyl (C=O) groups is 1. The minimum Gasteiger partial charge on any atom is -0.393 e. The molecule has 0 saturated carbocycles. The highest BCUT2D eigenvalue weighted by molar-refractivity contribution is 5.98. The van der Waals surface area contributed by atoms with Gasteiger partial charge in [-0.15, -0.1) is 5.10 Å². The van der Waals surface area contributed by atoms with Crippen LogP contribution in [-0.2, 0) is 0 Å². The van der Waals surface area contributed by atoms with Crippen molar-refractivity contribution in [3.8, 4) is 16.9 Å². The molecule has 6 heteroatoms. The summed E-state index contributed by atoms with van der Waals surface area (Å²) in [5.74, 6) is -0.141. The maximum absolute atomic E-state index is 13.1. The van der Waals surface area contributed by atoms with Crippen LogP contribution in [-0.4, -0.2) is 50.1 Å². The van der Waals surface area contributed by atoms with Gasteiger partial charge in [-0.1, -0.05) is 53.7 Å². The molecule has 6 nitrogen and oxygen atoms in total. The minimum atomic E-state index is -0.326. The SMILES string of the molecule is O=C(c1nnn(-c2ccccc2)c1-c1ccccc1)N1CCC(O)CC1. The third-order valence-corrected chi connectivity index (χ3v) is 4.67. The second-order valence-corrected chi connectivity index (χ2v) is 6.42. The van der Waals surface area contributed by atoms with Crippen LogP contribution >= 0.6 is 0 Å². The normalized spacial score (nSPS) is 15.2. The smallest absolute Gasteiger partial charge is 0.276 e. The zero-order valence-corrected chi connectivity index (χ0v) is 14.3. The first-order valence-corrected chi connectivity index (χ1v) is 8.78. The Hall–Kier alpha value is -2.99. The molecule has 1 fully saturated rings. The largest absolute Gasteiger partial charge is 0.393 e. The molecule has 1 aliphatic rings. The molecule has 0 atom stereocenters. The number of benzene rings is 2. The Morgan fingerprint density at radius 1 is 0.962 bits per heavy atom. The molecule has 0 bridgehead atoms. The monoisotopic (exact) mass is 348 g/mol. The van der Waals surface area contributed by atoms with E-state index >= 15 is 0 Å². The predicted octanol–water partition coefficient (Wildman–Crippen LogP) is 2.53. The van der Waals surface area contributed by atoms with E-state index in [4.69, 9.17) is 0 Å². The number of likely N-dealkylation sites (tertiary alicyclic amines) is 1. The highest BCUT2D eigenvalue weighted by Gasteiger charge is 2.28. The van der Waals surface area contributed by atoms with Gasteiger partial charge in [0.05, 0.1) is 11.8 Å². The van der Waals surface area contributed by atoms with Crippen molar-refractivity contribution in [2.45, 2.75) is 18.9 Å². The van der Waals surface area contributed by atoms with Gasteiger partial charge in [-0.3, -0.25) is 4.79 Å². The lowest BCUT2D eigenvalue weighted by Crippen LogP contribution is -2.40. The molecule has 132 valence electrons. The van der Waals surface area contributed by atoms with Crippen LogP contribution in [0.5, 0.6) is 0 Å². The summed E-state index contributed by atoms with van der Waals surface area (Å²) >= 11 is 0. The van der Waals surface area contributed by atoms with Crippen LogP contribution in [0.4, 0.5) is 0 Å². The van der Waals surface area contributed by atoms with Crippen LogP contribution in [0.3, 0.4) is 0 Å². The number of aromatic nitrogens is 3. The third kappa shape index (κ3) is 3.11. The second kappa shape index (κ2) is 7.09. The van der Waals surface area contributed by atoms with Crippen molar-refractivity contribution in [3.05, 3.63) is 66.4 Å². The van der Waals surface area contributed by atoms with Gasteiger partial charge in [-0.05, 0) is 25.0 Å². The molecule has 1 aromatic heterocycles. The van der Waals surface area contributed by atoms with Gasteiger partial charge < -0.3 is 10.0 Å². The number of aliphatic hydroxyl groups excluding tert-OH is 1. The highest BCUT2D eigenvalue weighted by atomic mass is 16.3. The molecule has 0 aliphatic carbocycles. The molecular formula is C20H20N4O2. The standard InChI is InChI=1S/C20H20N4O2/c25-17-11-13-23(14-12-17)20(26)18-19(15-7-3-1-4-8-15)24(22-21-18)16-9-5-2-6-10-16/h1-10,17,25H,11-14H2. The van der Waals surface area contributed by atoms with Crippen molar-refractivity contribution in [1.29, 1.82) is 0 Å². The number of aliphatic hydroxyl groups is 1. The van der Waals surface area contributed by atoms with Crippen LogP contribution in [0, 0.1) is 0 Å². The second-order valence-electron chi connectivity index (χ2n) is 6.42. The number of carbonyl (C=O) groups excluding carboxylic acids is 1. The Morgan fingerprint density at radius 3 is 2.23 bits per heavy atom. The molecule has 1 N–H and O–H groups in total. The van der Waals surface area contributed by atoms with E-state index in [0.29, 0.717) is 37.3 Å². The van der Waals surface area contributed by atoms with E-state index in [2.05, 4.69) is 10.3 Å². The van der Waals surface area contributed by atoms with Gasteiger partial charge in [-0.2, -0.15) is 0 Å². The van der Waals surface area contributed by atoms with Crippen LogP contribution in [0.2, 0.25) is 0 Å². The summed E-state index contributed by atoms with van der Waals surface area (Å²) in [5.41, 5.74) is 2.78. The number of rotatable bonds is 3. The van der Waals surface area contributed by atoms with Crippen molar-refractivity contribution in [2.24, 2.45) is 0 Å². The molecule has 26 heavy (non-hydrogen) atoms. The average Bonchev–Trinajstić information content (AvgIpc) is 3.14. The Balaban J connectivity index is 1.78. The number of para-hydroxylation sites is 1. The van der Waals surface area contributed by atoms with Crippen molar-refractivity contribution in [2.75, 3.05) is 13.1 Å². The molecule has 4 rings (SSSR count). The van der Waals surface area contributed by atoms with E-state index in [1.807, 2.05) is 60.7 Å². The van der Waals surface area contributed by atoms with E-state index < -0.39 is 0 Å². The summed E-state index contributed by atoms with van der Waals surface area (Å²) in [5, 5.41) is 18.2. The first-order chi connectivity index (χ1) is 12.7. The van der Waals surface area contributed by atoms with Gasteiger partial charge in [0.2, 0.25) is 0 Å². The zero-order chi connectivity index (χ0) is 17.9. The van der Waals surface area contributed by atoms with E-state index in [9.17, 15) is 9.90 Å². The molecule has 3 aromatic rings. The maximum atomic E-state index is 13.1. The molecular weight excluding hydrogens is 328 g/mol. The van der Waals surface area contributed by atoms with E-state index in [-0.39, 0.29) is 12.0 Å². The first-order valence-electron chi connectivity index (χ1n) is 8.78. The van der Waals surface area contributed by atoms with Gasteiger partial charge in [-0.25, -0.2) is 4.68 Å². The molecule has 1 saturated heterocycles. The predicted molar refractivity (Wildman–Crippen MR) is 97.9 cm³/mol. The summed E-state index contributed by atoms with van der Waals surface area (Å²) < 4.78 is 1.71. The number of nitrogens with zero attached hydrogens (tertiary/aromatic N) is 4. The quantitative estimate of drug-likeness (QED) is 0.789. The summed E-state index contributed by atoms with van der Waals surface area (Å²) in [6.45, 7) is 1.07. The van der Waals surface area contributed by atoms with E-state index in [0.717, 1.165) is 11.3 Å². The summed E-state index contributed by atoms with van der Waals surface area (Å²) in [6.07, 6.45) is 0.867. The van der Waals surface area contributed by atoms with Crippen molar-refractivity contribution < 1.29 is 9.90 Å². The zero-order valence-electron chi connectivity index (χ0n) is 14.3. The topological polar surface area (TPSA) is 71.2 Å². The highest BCUT2D eigenvalue weighted by Crippen LogP contribution is 2.26. The maximum Gasteiger partial charge on any atom is 0.276 e. The Morgan fingerprint density at radius 2 is 1.58 bits per heavy atom. The van der Waals surface area contributed by atoms with Gasteiger partial charge in [0.25, 0.3) is 5.91 Å². The molecule has 2 heterocycles. The van der Waals surface area contributed by atoms with Gasteiger partial charge in [0, 0.05) is 18.7 Å². The number of hydrogen-bond donors (Lipinski definition) is 1. The fourth-order valence-electron chi connectivity index (χ4n) is 3.25. The van der Waals surface area contributed by atoms with Crippen LogP contribution < -0.4 is 0 Å². The Labute approximate surface area is 151 Å². The van der Waals surface area contributed by atoms with Gasteiger partial charge in [0.15, 0.2) is 5.69 Å². The summed E-state index contributed by atoms with van der Waals surface area (Å²) in [6, 6.07) is 19.4. The third-order valence-electron chi connectivity index (χ3n) is 4.67. The lowest BCUT2D eigenvalue weighted by Gasteiger charge is -2.29. The Bertz CT molecular complexity index is 885. The van der Waals surface area contributed by atoms with Crippen LogP contribution in [0.1, 0.15) is 23.3 Å². The fraction of sp³-hybridized carbons (Fsp3) is 0.250. The van der Waals surface area contributed by atoms with E-state index in [1.54, 1.807) is 9.58 Å². The van der Waals surface area contributed by atoms with E-state index in [1.165, 1.54) is 0 Å². The lowest BCUT2D eigenvalue weighted by atomic mass is 10.1. The summed E-state index contributed by atoms with van der Waals surface area (Å²) in [7, 11) is 0.